The number of anilines is 1. The van der Waals surface area contributed by atoms with E-state index >= 15 is 0 Å². The molecule has 0 atom stereocenters. The smallest absolute Gasteiger partial charge is 0.250 e. The fraction of sp³-hybridized carbons (Fsp3) is 0.211. The number of halogens is 1. The lowest BCUT2D eigenvalue weighted by Crippen LogP contribution is -2.41. The topological polar surface area (TPSA) is 64.4 Å². The van der Waals surface area contributed by atoms with Gasteiger partial charge in [-0.1, -0.05) is 0 Å². The molecule has 0 saturated heterocycles. The van der Waals surface area contributed by atoms with Gasteiger partial charge in [-0.3, -0.25) is 19.1 Å². The number of pyridine rings is 1. The molecule has 3 heterocycles. The zero-order valence-electron chi connectivity index (χ0n) is 14.1. The molecule has 1 aromatic carbocycles. The van der Waals surface area contributed by atoms with E-state index in [-0.39, 0.29) is 18.4 Å². The molecule has 0 spiro atoms. The van der Waals surface area contributed by atoms with Gasteiger partial charge in [-0.25, -0.2) is 4.98 Å². The van der Waals surface area contributed by atoms with Crippen LogP contribution in [-0.4, -0.2) is 35.0 Å². The maximum atomic E-state index is 12.8. The molecule has 0 radical (unpaired) electrons. The van der Waals surface area contributed by atoms with Crippen LogP contribution in [0.5, 0.6) is 5.75 Å². The van der Waals surface area contributed by atoms with Crippen molar-refractivity contribution in [2.24, 2.45) is 0 Å². The molecule has 7 heteroatoms. The Morgan fingerprint density at radius 3 is 2.85 bits per heavy atom. The van der Waals surface area contributed by atoms with Crippen LogP contribution in [0.3, 0.4) is 0 Å². The van der Waals surface area contributed by atoms with Crippen molar-refractivity contribution in [3.63, 3.8) is 0 Å². The number of benzene rings is 1. The van der Waals surface area contributed by atoms with E-state index in [1.165, 1.54) is 9.47 Å². The van der Waals surface area contributed by atoms with Crippen molar-refractivity contribution >= 4 is 44.3 Å². The van der Waals surface area contributed by atoms with E-state index in [2.05, 4.69) is 20.9 Å². The van der Waals surface area contributed by atoms with Gasteiger partial charge in [-0.15, -0.1) is 0 Å². The fourth-order valence-electron chi connectivity index (χ4n) is 3.17. The number of aryl methyl sites for hydroxylation is 1. The second-order valence-electron chi connectivity index (χ2n) is 6.17. The summed E-state index contributed by atoms with van der Waals surface area (Å²) in [4.78, 5) is 30.9. The number of hydrogen-bond donors (Lipinski definition) is 0. The molecule has 1 aliphatic heterocycles. The van der Waals surface area contributed by atoms with Crippen LogP contribution in [0.25, 0.3) is 10.8 Å². The molecule has 0 bridgehead atoms. The summed E-state index contributed by atoms with van der Waals surface area (Å²) in [5, 5.41) is 1.84. The molecule has 6 nitrogen and oxygen atoms in total. The van der Waals surface area contributed by atoms with Crippen LogP contribution in [0.15, 0.2) is 47.3 Å². The second-order valence-corrected chi connectivity index (χ2v) is 7.09. The van der Waals surface area contributed by atoms with E-state index in [4.69, 9.17) is 4.74 Å². The highest BCUT2D eigenvalue weighted by atomic mass is 79.9. The number of amides is 1. The van der Waals surface area contributed by atoms with E-state index < -0.39 is 0 Å². The number of aromatic nitrogens is 2. The Bertz CT molecular complexity index is 1030. The molecule has 132 valence electrons. The minimum absolute atomic E-state index is 0.0431. The molecule has 0 aliphatic carbocycles. The fourth-order valence-corrected chi connectivity index (χ4v) is 3.54. The summed E-state index contributed by atoms with van der Waals surface area (Å²) in [6.07, 6.45) is 6.18. The van der Waals surface area contributed by atoms with Gasteiger partial charge in [0, 0.05) is 40.3 Å². The Morgan fingerprint density at radius 2 is 2.04 bits per heavy atom. The molecule has 1 amide bonds. The highest BCUT2D eigenvalue weighted by molar-refractivity contribution is 9.10. The lowest BCUT2D eigenvalue weighted by atomic mass is 10.1. The summed E-state index contributed by atoms with van der Waals surface area (Å²) in [6, 6.07) is 7.57. The Hall–Kier alpha value is -2.67. The SMILES string of the molecule is COc1ccc2cn(C(=O)CN3C(=O)CCc4cc(Br)cnc43)cc2c1. The van der Waals surface area contributed by atoms with Gasteiger partial charge in [-0.2, -0.15) is 0 Å². The number of carbonyl (C=O) groups is 2. The van der Waals surface area contributed by atoms with Crippen LogP contribution in [0, 0.1) is 0 Å². The van der Waals surface area contributed by atoms with E-state index in [1.807, 2.05) is 24.3 Å². The third-order valence-electron chi connectivity index (χ3n) is 4.51. The van der Waals surface area contributed by atoms with Gasteiger partial charge >= 0.3 is 0 Å². The van der Waals surface area contributed by atoms with Gasteiger partial charge in [0.2, 0.25) is 5.91 Å². The molecule has 0 saturated carbocycles. The van der Waals surface area contributed by atoms with Gasteiger partial charge in [0.1, 0.15) is 18.1 Å². The van der Waals surface area contributed by atoms with E-state index in [0.717, 1.165) is 26.6 Å². The lowest BCUT2D eigenvalue weighted by Gasteiger charge is -2.27. The summed E-state index contributed by atoms with van der Waals surface area (Å²) in [5.74, 6) is 1.03. The average molecular weight is 414 g/mol. The van der Waals surface area contributed by atoms with Crippen LogP contribution in [0.4, 0.5) is 5.82 Å². The highest BCUT2D eigenvalue weighted by Gasteiger charge is 2.27. The first-order valence-corrected chi connectivity index (χ1v) is 8.98. The van der Waals surface area contributed by atoms with Crippen LogP contribution >= 0.6 is 15.9 Å². The maximum absolute atomic E-state index is 12.8. The molecule has 0 fully saturated rings. The predicted molar refractivity (Wildman–Crippen MR) is 102 cm³/mol. The van der Waals surface area contributed by atoms with E-state index in [0.29, 0.717) is 18.7 Å². The maximum Gasteiger partial charge on any atom is 0.250 e. The second kappa shape index (κ2) is 6.57. The van der Waals surface area contributed by atoms with Crippen molar-refractivity contribution < 1.29 is 14.3 Å². The van der Waals surface area contributed by atoms with Crippen molar-refractivity contribution in [1.29, 1.82) is 0 Å². The lowest BCUT2D eigenvalue weighted by molar-refractivity contribution is -0.118. The van der Waals surface area contributed by atoms with Gasteiger partial charge < -0.3 is 4.74 Å². The zero-order chi connectivity index (χ0) is 18.3. The Balaban J connectivity index is 1.63. The van der Waals surface area contributed by atoms with Gasteiger partial charge in [0.15, 0.2) is 0 Å². The van der Waals surface area contributed by atoms with E-state index in [9.17, 15) is 9.59 Å². The van der Waals surface area contributed by atoms with Crippen LogP contribution in [0.1, 0.15) is 16.8 Å². The molecule has 4 rings (SSSR count). The van der Waals surface area contributed by atoms with Crippen molar-refractivity contribution in [3.05, 3.63) is 52.9 Å². The largest absolute Gasteiger partial charge is 0.497 e. The molecule has 3 aromatic rings. The number of hydrogen-bond acceptors (Lipinski definition) is 4. The van der Waals surface area contributed by atoms with Gasteiger partial charge in [-0.05, 0) is 52.2 Å². The molecule has 2 aromatic heterocycles. The molecule has 0 unspecified atom stereocenters. The van der Waals surface area contributed by atoms with Crippen LogP contribution in [-0.2, 0) is 11.2 Å². The Morgan fingerprint density at radius 1 is 1.23 bits per heavy atom. The van der Waals surface area contributed by atoms with Crippen molar-refractivity contribution in [3.8, 4) is 5.75 Å². The Kier molecular flexibility index (Phi) is 4.24. The third kappa shape index (κ3) is 2.99. The highest BCUT2D eigenvalue weighted by Crippen LogP contribution is 2.28. The monoisotopic (exact) mass is 413 g/mol. The van der Waals surface area contributed by atoms with E-state index in [1.54, 1.807) is 25.7 Å². The first-order valence-electron chi connectivity index (χ1n) is 8.19. The number of nitrogens with zero attached hydrogens (tertiary/aromatic N) is 3. The average Bonchev–Trinajstić information content (AvgIpc) is 3.07. The van der Waals surface area contributed by atoms with Crippen molar-refractivity contribution in [2.45, 2.75) is 12.8 Å². The van der Waals surface area contributed by atoms with Crippen molar-refractivity contribution in [2.75, 3.05) is 18.6 Å². The quantitative estimate of drug-likeness (QED) is 0.659. The van der Waals surface area contributed by atoms with Gasteiger partial charge in [0.05, 0.1) is 7.11 Å². The van der Waals surface area contributed by atoms with Gasteiger partial charge in [0.25, 0.3) is 5.91 Å². The summed E-state index contributed by atoms with van der Waals surface area (Å²) >= 11 is 3.40. The predicted octanol–water partition coefficient (Wildman–Crippen LogP) is 3.43. The Labute approximate surface area is 158 Å². The summed E-state index contributed by atoms with van der Waals surface area (Å²) in [6.45, 7) is -0.0431. The zero-order valence-corrected chi connectivity index (χ0v) is 15.7. The minimum Gasteiger partial charge on any atom is -0.497 e. The van der Waals surface area contributed by atoms with Crippen molar-refractivity contribution in [1.82, 2.24) is 9.55 Å². The molecule has 1 aliphatic rings. The first-order chi connectivity index (χ1) is 12.5. The molecule has 0 N–H and O–H groups in total. The first kappa shape index (κ1) is 16.8. The third-order valence-corrected chi connectivity index (χ3v) is 4.94. The summed E-state index contributed by atoms with van der Waals surface area (Å²) in [5.41, 5.74) is 0.967. The number of fused-ring (bicyclic) bond motifs is 2. The normalized spacial score (nSPS) is 13.8. The van der Waals surface area contributed by atoms with Crippen LogP contribution in [0.2, 0.25) is 0 Å². The summed E-state index contributed by atoms with van der Waals surface area (Å²) < 4.78 is 7.60. The number of rotatable bonds is 3. The summed E-state index contributed by atoms with van der Waals surface area (Å²) in [7, 11) is 1.61. The number of methoxy groups -OCH3 is 1. The molecular weight excluding hydrogens is 398 g/mol. The minimum atomic E-state index is -0.189. The van der Waals surface area contributed by atoms with Crippen LogP contribution < -0.4 is 9.64 Å². The molecule has 26 heavy (non-hydrogen) atoms. The number of ether oxygens (including phenoxy) is 1. The number of carbonyl (C=O) groups excluding carboxylic acids is 2. The molecular formula is C19H16BrN3O3. The standard InChI is InChI=1S/C19H16BrN3O3/c1-26-16-4-2-13-9-22(10-14(13)7-16)18(25)11-23-17(24)5-3-12-6-15(20)8-21-19(12)23/h2,4,6-10H,3,5,11H2,1H3.